The van der Waals surface area contributed by atoms with Crippen molar-refractivity contribution in [2.45, 2.75) is 13.8 Å². The molecule has 0 aliphatic heterocycles. The predicted molar refractivity (Wildman–Crippen MR) is 101 cm³/mol. The second-order valence-corrected chi connectivity index (χ2v) is 5.86. The summed E-state index contributed by atoms with van der Waals surface area (Å²) < 4.78 is 4.91. The first-order valence-corrected chi connectivity index (χ1v) is 8.29. The number of hydrogen-bond donors (Lipinski definition) is 1. The first kappa shape index (κ1) is 19.2. The fourth-order valence-electron chi connectivity index (χ4n) is 2.16. The highest BCUT2D eigenvalue weighted by molar-refractivity contribution is 6.31. The number of esters is 1. The van der Waals surface area contributed by atoms with Crippen LogP contribution in [-0.4, -0.2) is 18.5 Å². The summed E-state index contributed by atoms with van der Waals surface area (Å²) in [4.78, 5) is 24.0. The number of carbonyl (C=O) groups is 2. The molecule has 1 amide bonds. The SMILES string of the molecule is CCOC(=O)c1ccc(/C=C(\C#N)C(=O)Nc2cc(Cl)ccc2C)cc1. The summed E-state index contributed by atoms with van der Waals surface area (Å²) in [7, 11) is 0. The minimum Gasteiger partial charge on any atom is -0.462 e. The van der Waals surface area contributed by atoms with Gasteiger partial charge in [-0.15, -0.1) is 0 Å². The zero-order valence-electron chi connectivity index (χ0n) is 14.4. The third kappa shape index (κ3) is 4.95. The van der Waals surface area contributed by atoms with Gasteiger partial charge in [0.1, 0.15) is 11.6 Å². The van der Waals surface area contributed by atoms with Crippen molar-refractivity contribution in [3.63, 3.8) is 0 Å². The number of halogens is 1. The summed E-state index contributed by atoms with van der Waals surface area (Å²) in [5, 5.41) is 12.5. The Morgan fingerprint density at radius 2 is 1.92 bits per heavy atom. The molecule has 0 aromatic heterocycles. The standard InChI is InChI=1S/C20H17ClN2O3/c1-3-26-20(25)15-7-5-14(6-8-15)10-16(12-22)19(24)23-18-11-17(21)9-4-13(18)2/h4-11H,3H2,1-2H3,(H,23,24)/b16-10+. The van der Waals surface area contributed by atoms with Crippen LogP contribution in [0.2, 0.25) is 5.02 Å². The van der Waals surface area contributed by atoms with Gasteiger partial charge in [0.05, 0.1) is 12.2 Å². The maximum atomic E-state index is 12.4. The molecule has 0 aliphatic carbocycles. The molecule has 0 bridgehead atoms. The molecule has 0 aliphatic rings. The summed E-state index contributed by atoms with van der Waals surface area (Å²) in [6, 6.07) is 13.5. The average Bonchev–Trinajstić information content (AvgIpc) is 2.63. The second kappa shape index (κ2) is 8.84. The molecule has 132 valence electrons. The molecule has 0 heterocycles. The van der Waals surface area contributed by atoms with Gasteiger partial charge in [-0.2, -0.15) is 5.26 Å². The van der Waals surface area contributed by atoms with Crippen LogP contribution < -0.4 is 5.32 Å². The number of hydrogen-bond acceptors (Lipinski definition) is 4. The van der Waals surface area contributed by atoms with Crippen LogP contribution in [0.1, 0.15) is 28.4 Å². The number of benzene rings is 2. The molecular weight excluding hydrogens is 352 g/mol. The fraction of sp³-hybridized carbons (Fsp3) is 0.150. The highest BCUT2D eigenvalue weighted by Gasteiger charge is 2.12. The predicted octanol–water partition coefficient (Wildman–Crippen LogP) is 4.37. The van der Waals surface area contributed by atoms with E-state index in [1.807, 2.05) is 13.0 Å². The van der Waals surface area contributed by atoms with Gasteiger partial charge in [0, 0.05) is 10.7 Å². The van der Waals surface area contributed by atoms with Gasteiger partial charge in [0.25, 0.3) is 5.91 Å². The van der Waals surface area contributed by atoms with Crippen molar-refractivity contribution in [3.8, 4) is 6.07 Å². The maximum Gasteiger partial charge on any atom is 0.338 e. The van der Waals surface area contributed by atoms with Crippen LogP contribution in [0.3, 0.4) is 0 Å². The number of ether oxygens (including phenoxy) is 1. The molecule has 0 saturated heterocycles. The average molecular weight is 369 g/mol. The number of amides is 1. The Bertz CT molecular complexity index is 896. The van der Waals surface area contributed by atoms with Crippen molar-refractivity contribution < 1.29 is 14.3 Å². The van der Waals surface area contributed by atoms with Gasteiger partial charge in [-0.25, -0.2) is 4.79 Å². The molecule has 0 fully saturated rings. The van der Waals surface area contributed by atoms with Gasteiger partial charge in [-0.05, 0) is 55.3 Å². The van der Waals surface area contributed by atoms with Crippen LogP contribution >= 0.6 is 11.6 Å². The number of rotatable bonds is 5. The Morgan fingerprint density at radius 1 is 1.23 bits per heavy atom. The van der Waals surface area contributed by atoms with Gasteiger partial charge in [0.15, 0.2) is 0 Å². The summed E-state index contributed by atoms with van der Waals surface area (Å²) in [5.74, 6) is -0.954. The number of nitriles is 1. The lowest BCUT2D eigenvalue weighted by Gasteiger charge is -2.08. The molecule has 0 radical (unpaired) electrons. The van der Waals surface area contributed by atoms with E-state index in [0.29, 0.717) is 28.4 Å². The normalized spacial score (nSPS) is 10.8. The van der Waals surface area contributed by atoms with Crippen molar-refractivity contribution >= 4 is 35.2 Å². The summed E-state index contributed by atoms with van der Waals surface area (Å²) in [6.45, 7) is 3.85. The quantitative estimate of drug-likeness (QED) is 0.482. The first-order chi connectivity index (χ1) is 12.4. The Labute approximate surface area is 156 Å². The zero-order chi connectivity index (χ0) is 19.1. The highest BCUT2D eigenvalue weighted by atomic mass is 35.5. The third-order valence-corrected chi connectivity index (χ3v) is 3.78. The van der Waals surface area contributed by atoms with Gasteiger partial charge in [-0.1, -0.05) is 29.8 Å². The lowest BCUT2D eigenvalue weighted by Crippen LogP contribution is -2.14. The van der Waals surface area contributed by atoms with E-state index in [1.165, 1.54) is 6.08 Å². The van der Waals surface area contributed by atoms with E-state index in [9.17, 15) is 14.9 Å². The van der Waals surface area contributed by atoms with Crippen LogP contribution in [0.5, 0.6) is 0 Å². The molecule has 0 saturated carbocycles. The van der Waals surface area contributed by atoms with E-state index in [-0.39, 0.29) is 5.57 Å². The van der Waals surface area contributed by atoms with Gasteiger partial charge in [0.2, 0.25) is 0 Å². The minimum atomic E-state index is -0.535. The molecule has 1 N–H and O–H groups in total. The lowest BCUT2D eigenvalue weighted by atomic mass is 10.1. The topological polar surface area (TPSA) is 79.2 Å². The minimum absolute atomic E-state index is 0.0618. The molecule has 2 aromatic carbocycles. The number of nitrogens with zero attached hydrogens (tertiary/aromatic N) is 1. The number of anilines is 1. The van der Waals surface area contributed by atoms with Crippen LogP contribution in [0.25, 0.3) is 6.08 Å². The zero-order valence-corrected chi connectivity index (χ0v) is 15.1. The Morgan fingerprint density at radius 3 is 2.54 bits per heavy atom. The Kier molecular flexibility index (Phi) is 6.54. The molecule has 26 heavy (non-hydrogen) atoms. The van der Waals surface area contributed by atoms with Crippen molar-refractivity contribution in [1.82, 2.24) is 0 Å². The molecule has 0 spiro atoms. The van der Waals surface area contributed by atoms with Crippen LogP contribution in [0, 0.1) is 18.3 Å². The van der Waals surface area contributed by atoms with Crippen molar-refractivity contribution in [2.24, 2.45) is 0 Å². The van der Waals surface area contributed by atoms with E-state index < -0.39 is 11.9 Å². The molecular formula is C20H17ClN2O3. The van der Waals surface area contributed by atoms with Crippen molar-refractivity contribution in [3.05, 3.63) is 69.8 Å². The van der Waals surface area contributed by atoms with Crippen molar-refractivity contribution in [1.29, 1.82) is 5.26 Å². The summed E-state index contributed by atoms with van der Waals surface area (Å²) >= 11 is 5.94. The second-order valence-electron chi connectivity index (χ2n) is 5.43. The molecule has 2 rings (SSSR count). The van der Waals surface area contributed by atoms with Crippen LogP contribution in [0.4, 0.5) is 5.69 Å². The van der Waals surface area contributed by atoms with Gasteiger partial charge >= 0.3 is 5.97 Å². The Hall–Kier alpha value is -3.10. The summed E-state index contributed by atoms with van der Waals surface area (Å²) in [6.07, 6.45) is 1.45. The molecule has 2 aromatic rings. The Balaban J connectivity index is 2.19. The molecule has 5 nitrogen and oxygen atoms in total. The largest absolute Gasteiger partial charge is 0.462 e. The lowest BCUT2D eigenvalue weighted by molar-refractivity contribution is -0.112. The highest BCUT2D eigenvalue weighted by Crippen LogP contribution is 2.21. The van der Waals surface area contributed by atoms with Gasteiger partial charge < -0.3 is 10.1 Å². The van der Waals surface area contributed by atoms with Crippen molar-refractivity contribution in [2.75, 3.05) is 11.9 Å². The number of carbonyl (C=O) groups excluding carboxylic acids is 2. The van der Waals surface area contributed by atoms with Crippen LogP contribution in [-0.2, 0) is 9.53 Å². The number of aryl methyl sites for hydroxylation is 1. The van der Waals surface area contributed by atoms with E-state index in [1.54, 1.807) is 49.4 Å². The van der Waals surface area contributed by atoms with E-state index in [4.69, 9.17) is 16.3 Å². The smallest absolute Gasteiger partial charge is 0.338 e. The fourth-order valence-corrected chi connectivity index (χ4v) is 2.34. The monoisotopic (exact) mass is 368 g/mol. The molecule has 0 atom stereocenters. The van der Waals surface area contributed by atoms with E-state index in [2.05, 4.69) is 5.32 Å². The first-order valence-electron chi connectivity index (χ1n) is 7.91. The van der Waals surface area contributed by atoms with Gasteiger partial charge in [-0.3, -0.25) is 4.79 Å². The van der Waals surface area contributed by atoms with E-state index >= 15 is 0 Å². The number of nitrogens with one attached hydrogen (secondary N) is 1. The van der Waals surface area contributed by atoms with E-state index in [0.717, 1.165) is 5.56 Å². The van der Waals surface area contributed by atoms with Crippen LogP contribution in [0.15, 0.2) is 48.0 Å². The summed E-state index contributed by atoms with van der Waals surface area (Å²) in [5.41, 5.74) is 2.34. The molecule has 0 unspecified atom stereocenters. The maximum absolute atomic E-state index is 12.4. The third-order valence-electron chi connectivity index (χ3n) is 3.55. The molecule has 6 heteroatoms.